The summed E-state index contributed by atoms with van der Waals surface area (Å²) in [7, 11) is 3.56. The Hall–Kier alpha value is -2.67. The number of carbonyl (C=O) groups is 1. The first-order valence-electron chi connectivity index (χ1n) is 20.4. The van der Waals surface area contributed by atoms with Crippen LogP contribution in [0.2, 0.25) is 0 Å². The van der Waals surface area contributed by atoms with Crippen molar-refractivity contribution in [2.24, 2.45) is 0 Å². The van der Waals surface area contributed by atoms with Crippen LogP contribution >= 0.6 is 0 Å². The van der Waals surface area contributed by atoms with Gasteiger partial charge in [-0.3, -0.25) is 45.3 Å². The average Bonchev–Trinajstić information content (AvgIpc) is 3.09. The Kier molecular flexibility index (Phi) is 330. The second kappa shape index (κ2) is 170. The third kappa shape index (κ3) is 1090. The fraction of sp³-hybridized carbons (Fsp3) is 0.974. The molecule has 12 radical (unpaired) electrons. The van der Waals surface area contributed by atoms with Crippen molar-refractivity contribution in [3.05, 3.63) is 40.5 Å². The molecule has 0 bridgehead atoms. The Bertz CT molecular complexity index is 493. The number of aliphatic carboxylic acids is 1. The number of hydrogen-bond acceptors (Lipinski definition) is 9. The van der Waals surface area contributed by atoms with Gasteiger partial charge in [0.05, 0.1) is 0 Å². The molecule has 18 heteroatoms. The maximum Gasteiger partial charge on any atom is 0.303 e. The quantitative estimate of drug-likeness (QED) is 0.0803. The lowest BCUT2D eigenvalue weighted by atomic mass is 10.2. The van der Waals surface area contributed by atoms with E-state index in [9.17, 15) is 4.79 Å². The summed E-state index contributed by atoms with van der Waals surface area (Å²) in [6.45, 7) is 35.6. The summed E-state index contributed by atoms with van der Waals surface area (Å²) in [5.41, 5.74) is 0. The molecule has 1 N–H and O–H groups in total. The van der Waals surface area contributed by atoms with Crippen molar-refractivity contribution in [3.63, 3.8) is 0 Å². The van der Waals surface area contributed by atoms with Crippen molar-refractivity contribution in [2.45, 2.75) is 227 Å². The van der Waals surface area contributed by atoms with Crippen LogP contribution in [0.1, 0.15) is 227 Å². The first kappa shape index (κ1) is 111. The lowest BCUT2D eigenvalue weighted by molar-refractivity contribution is -0.445. The fourth-order valence-electron chi connectivity index (χ4n) is 1.92. The van der Waals surface area contributed by atoms with Crippen LogP contribution in [0.4, 0.5) is 0 Å². The molecule has 0 aliphatic heterocycles. The normalized spacial score (nSPS) is 6.61. The van der Waals surface area contributed by atoms with Crippen LogP contribution in [-0.2, 0) is 4.79 Å². The SMILES string of the molecule is CC.CC.CC.CC.CCCC.CCCC(=O)O.CCCCC.CCCCCCC.CCCCCCC.C[N+](=O)[O-].C[N+](=O)[O-].C[N+](=O)[O-].C[N+](=O)[O-].[B].[B].[B].[B]. The van der Waals surface area contributed by atoms with Gasteiger partial charge in [0.1, 0.15) is 0 Å². The van der Waals surface area contributed by atoms with Crippen molar-refractivity contribution in [3.8, 4) is 0 Å². The van der Waals surface area contributed by atoms with Crippen LogP contribution in [-0.4, -0.2) is 92.6 Å². The van der Waals surface area contributed by atoms with Gasteiger partial charge in [-0.25, -0.2) is 0 Å². The van der Waals surface area contributed by atoms with E-state index >= 15 is 0 Å². The molecule has 57 heavy (non-hydrogen) atoms. The standard InChI is InChI=1S/2C7H16.C5H12.C4H8O2.C4H10.4C2H6.4CH3NO2.4B/c2*1-3-5-7-6-4-2;1-3-5-4-2;1-2-3-4(5)6;1-3-4-2;4*1-2;4*1-2(3)4;;;;/h2*3-7H2,1-2H3;3-5H2,1-2H3;2-3H2,1H3,(H,5,6);3-4H2,1-2H3;4*1-2H3;4*1H3;;;;. The molecule has 0 rings (SSSR count). The highest BCUT2D eigenvalue weighted by Gasteiger charge is 1.87. The first-order chi connectivity index (χ1) is 24.9. The number of nitro groups is 4. The molecule has 0 aliphatic rings. The van der Waals surface area contributed by atoms with E-state index in [0.29, 0.717) is 6.42 Å². The molecular weight excluding hydrogens is 728 g/mol. The van der Waals surface area contributed by atoms with E-state index in [4.69, 9.17) is 45.6 Å². The molecule has 0 unspecified atom stereocenters. The van der Waals surface area contributed by atoms with Crippen molar-refractivity contribution < 1.29 is 29.6 Å². The number of nitrogens with zero attached hydrogens (tertiary/aromatic N) is 4. The highest BCUT2D eigenvalue weighted by molar-refractivity contribution is 5.76. The minimum absolute atomic E-state index is 0. The van der Waals surface area contributed by atoms with Crippen LogP contribution in [0.25, 0.3) is 0 Å². The molecule has 0 aromatic heterocycles. The largest absolute Gasteiger partial charge is 0.481 e. The van der Waals surface area contributed by atoms with Crippen molar-refractivity contribution >= 4 is 39.6 Å². The first-order valence-corrected chi connectivity index (χ1v) is 20.4. The van der Waals surface area contributed by atoms with E-state index in [-0.39, 0.29) is 33.7 Å². The van der Waals surface area contributed by atoms with E-state index in [1.54, 1.807) is 0 Å². The maximum atomic E-state index is 9.60. The summed E-state index contributed by atoms with van der Waals surface area (Å²) in [6, 6.07) is 0. The summed E-state index contributed by atoms with van der Waals surface area (Å²) in [5, 5.41) is 43.1. The Morgan fingerprint density at radius 2 is 0.491 bits per heavy atom. The second-order valence-corrected chi connectivity index (χ2v) is 9.38. The Labute approximate surface area is 364 Å². The molecule has 14 nitrogen and oxygen atoms in total. The number of carboxylic acids is 1. The molecule has 0 fully saturated rings. The van der Waals surface area contributed by atoms with Gasteiger partial charge in [-0.1, -0.05) is 214 Å². The number of hydrogen-bond donors (Lipinski definition) is 1. The molecule has 0 aromatic carbocycles. The van der Waals surface area contributed by atoms with E-state index in [1.165, 1.54) is 96.3 Å². The molecule has 0 saturated carbocycles. The molecule has 0 saturated heterocycles. The van der Waals surface area contributed by atoms with E-state index in [2.05, 4.69) is 55.4 Å². The second-order valence-electron chi connectivity index (χ2n) is 9.38. The Balaban J connectivity index is -0.0000000206. The van der Waals surface area contributed by atoms with Gasteiger partial charge in [0, 0.05) is 59.8 Å². The third-order valence-corrected chi connectivity index (χ3v) is 4.09. The van der Waals surface area contributed by atoms with Gasteiger partial charge < -0.3 is 5.11 Å². The molecular formula is C39H98B4N4O10. The summed E-state index contributed by atoms with van der Waals surface area (Å²) >= 11 is 0. The summed E-state index contributed by atoms with van der Waals surface area (Å²) in [4.78, 5) is 42.8. The van der Waals surface area contributed by atoms with Crippen LogP contribution < -0.4 is 0 Å². The molecule has 0 spiro atoms. The van der Waals surface area contributed by atoms with Gasteiger partial charge in [-0.2, -0.15) is 0 Å². The van der Waals surface area contributed by atoms with E-state index in [0.717, 1.165) is 34.6 Å². The fourth-order valence-corrected chi connectivity index (χ4v) is 1.92. The number of rotatable bonds is 13. The topological polar surface area (TPSA) is 210 Å². The molecule has 0 atom stereocenters. The number of carboxylic acid groups (broad SMARTS) is 1. The van der Waals surface area contributed by atoms with Crippen molar-refractivity contribution in [2.75, 3.05) is 28.2 Å². The zero-order valence-electron chi connectivity index (χ0n) is 41.7. The smallest absolute Gasteiger partial charge is 0.303 e. The molecule has 0 aliphatic carbocycles. The van der Waals surface area contributed by atoms with Crippen LogP contribution in [0.5, 0.6) is 0 Å². The van der Waals surface area contributed by atoms with Gasteiger partial charge in [-0.15, -0.1) is 0 Å². The van der Waals surface area contributed by atoms with Crippen molar-refractivity contribution in [1.29, 1.82) is 0 Å². The van der Waals surface area contributed by atoms with E-state index < -0.39 is 25.7 Å². The predicted molar refractivity (Wildman–Crippen MR) is 257 cm³/mol. The summed E-state index contributed by atoms with van der Waals surface area (Å²) in [5.74, 6) is -0.711. The predicted octanol–water partition coefficient (Wildman–Crippen LogP) is 13.0. The van der Waals surface area contributed by atoms with Gasteiger partial charge in [0.2, 0.25) is 0 Å². The van der Waals surface area contributed by atoms with Crippen molar-refractivity contribution in [1.82, 2.24) is 0 Å². The van der Waals surface area contributed by atoms with Crippen LogP contribution in [0.3, 0.4) is 0 Å². The van der Waals surface area contributed by atoms with Gasteiger partial charge in [0.25, 0.3) is 0 Å². The Morgan fingerprint density at radius 3 is 0.526 bits per heavy atom. The lowest BCUT2D eigenvalue weighted by Gasteiger charge is -1.90. The minimum Gasteiger partial charge on any atom is -0.481 e. The molecule has 0 aromatic rings. The zero-order chi connectivity index (χ0) is 45.9. The lowest BCUT2D eigenvalue weighted by Crippen LogP contribution is -1.90. The monoisotopic (exact) mass is 827 g/mol. The highest BCUT2D eigenvalue weighted by Crippen LogP contribution is 2.00. The van der Waals surface area contributed by atoms with Gasteiger partial charge in [-0.05, 0) is 6.42 Å². The zero-order valence-corrected chi connectivity index (χ0v) is 41.7. The minimum atomic E-state index is -0.711. The van der Waals surface area contributed by atoms with Gasteiger partial charge >= 0.3 is 5.97 Å². The van der Waals surface area contributed by atoms with Crippen LogP contribution in [0.15, 0.2) is 0 Å². The van der Waals surface area contributed by atoms with Crippen LogP contribution in [0, 0.1) is 40.5 Å². The molecule has 0 heterocycles. The summed E-state index contributed by atoms with van der Waals surface area (Å²) < 4.78 is 0. The van der Waals surface area contributed by atoms with Gasteiger partial charge in [0.15, 0.2) is 28.2 Å². The average molecular weight is 826 g/mol. The summed E-state index contributed by atoms with van der Waals surface area (Å²) in [6.07, 6.45) is 21.8. The highest BCUT2D eigenvalue weighted by atomic mass is 16.6. The molecule has 0 amide bonds. The maximum absolute atomic E-state index is 9.60. The van der Waals surface area contributed by atoms with E-state index in [1.807, 2.05) is 62.3 Å². The number of unbranched alkanes of at least 4 members (excludes halogenated alkanes) is 11. The third-order valence-electron chi connectivity index (χ3n) is 4.09. The molecule has 346 valence electrons. The Morgan fingerprint density at radius 1 is 0.351 bits per heavy atom.